The van der Waals surface area contributed by atoms with Crippen LogP contribution in [-0.2, 0) is 4.79 Å². The monoisotopic (exact) mass is 662 g/mol. The van der Waals surface area contributed by atoms with Crippen LogP contribution in [0.15, 0.2) is 48.5 Å². The summed E-state index contributed by atoms with van der Waals surface area (Å²) >= 11 is 0. The number of unbranched alkanes of at least 4 members (excludes halogenated alkanes) is 5. The summed E-state index contributed by atoms with van der Waals surface area (Å²) < 4.78 is 0. The van der Waals surface area contributed by atoms with E-state index in [4.69, 9.17) is 0 Å². The molecule has 0 bridgehead atoms. The highest BCUT2D eigenvalue weighted by molar-refractivity contribution is 6.02. The molecule has 2 aromatic carbocycles. The van der Waals surface area contributed by atoms with Crippen molar-refractivity contribution < 1.29 is 14.4 Å². The summed E-state index contributed by atoms with van der Waals surface area (Å²) in [5.74, 6) is -0.208. The number of para-hydroxylation sites is 1. The Labute approximate surface area is 290 Å². The quantitative estimate of drug-likeness (QED) is 0.167. The summed E-state index contributed by atoms with van der Waals surface area (Å²) in [6, 6.07) is 14.6. The number of nitrogens with one attached hydrogen (secondary N) is 1. The van der Waals surface area contributed by atoms with Gasteiger partial charge in [0.05, 0.1) is 17.9 Å². The van der Waals surface area contributed by atoms with Crippen molar-refractivity contribution in [3.05, 3.63) is 59.7 Å². The van der Waals surface area contributed by atoms with Crippen LogP contribution < -0.4 is 10.2 Å². The lowest BCUT2D eigenvalue weighted by molar-refractivity contribution is -0.127. The molecule has 1 aliphatic rings. The van der Waals surface area contributed by atoms with Crippen LogP contribution in [0.5, 0.6) is 0 Å². The Balaban J connectivity index is 1.88. The van der Waals surface area contributed by atoms with Crippen LogP contribution in [0.25, 0.3) is 0 Å². The van der Waals surface area contributed by atoms with Gasteiger partial charge in [-0.05, 0) is 94.6 Å². The molecule has 1 unspecified atom stereocenters. The highest BCUT2D eigenvalue weighted by Gasteiger charge is 2.40. The fourth-order valence-corrected chi connectivity index (χ4v) is 6.50. The number of carbonyl (C=O) groups excluding carboxylic acids is 3. The van der Waals surface area contributed by atoms with E-state index >= 15 is 0 Å². The second kappa shape index (κ2) is 20.7. The van der Waals surface area contributed by atoms with E-state index < -0.39 is 6.04 Å². The minimum absolute atomic E-state index is 0.0273. The molecule has 48 heavy (non-hydrogen) atoms. The summed E-state index contributed by atoms with van der Waals surface area (Å²) in [7, 11) is 0. The molecule has 0 aliphatic carbocycles. The normalized spacial score (nSPS) is 14.7. The number of piperazine rings is 1. The number of nitrogens with zero attached hydrogens (tertiary/aromatic N) is 5. The smallest absolute Gasteiger partial charge is 0.329 e. The molecule has 1 N–H and O–H groups in total. The zero-order valence-corrected chi connectivity index (χ0v) is 30.7. The molecule has 0 spiro atoms. The topological polar surface area (TPSA) is 79.4 Å². The molecule has 1 fully saturated rings. The first-order valence-electron chi connectivity index (χ1n) is 18.5. The van der Waals surface area contributed by atoms with E-state index in [-0.39, 0.29) is 31.1 Å². The largest absolute Gasteiger partial charge is 0.354 e. The van der Waals surface area contributed by atoms with Crippen LogP contribution in [0.4, 0.5) is 21.0 Å². The fourth-order valence-electron chi connectivity index (χ4n) is 6.50. The first-order chi connectivity index (χ1) is 23.2. The first-order valence-corrected chi connectivity index (χ1v) is 18.5. The first kappa shape index (κ1) is 38.9. The number of amides is 5. The number of urea groups is 2. The maximum absolute atomic E-state index is 14.7. The summed E-state index contributed by atoms with van der Waals surface area (Å²) in [5, 5.41) is 3.13. The maximum Gasteiger partial charge on any atom is 0.329 e. The number of hydrogen-bond acceptors (Lipinski definition) is 4. The van der Waals surface area contributed by atoms with E-state index in [9.17, 15) is 14.4 Å². The molecule has 0 radical (unpaired) electrons. The molecule has 1 heterocycles. The van der Waals surface area contributed by atoms with E-state index in [2.05, 4.69) is 44.0 Å². The zero-order valence-electron chi connectivity index (χ0n) is 30.7. The van der Waals surface area contributed by atoms with Gasteiger partial charge in [0.15, 0.2) is 0 Å². The summed E-state index contributed by atoms with van der Waals surface area (Å²) in [6.45, 7) is 18.5. The van der Waals surface area contributed by atoms with E-state index in [0.717, 1.165) is 93.5 Å². The van der Waals surface area contributed by atoms with Crippen LogP contribution in [0, 0.1) is 13.8 Å². The Bertz CT molecular complexity index is 1240. The van der Waals surface area contributed by atoms with Gasteiger partial charge in [0.1, 0.15) is 6.04 Å². The summed E-state index contributed by atoms with van der Waals surface area (Å²) in [6.07, 6.45) is 8.10. The van der Waals surface area contributed by atoms with Gasteiger partial charge in [-0.2, -0.15) is 0 Å². The molecule has 0 aromatic heterocycles. The van der Waals surface area contributed by atoms with Crippen LogP contribution in [0.3, 0.4) is 0 Å². The van der Waals surface area contributed by atoms with E-state index in [1.165, 1.54) is 0 Å². The molecule has 1 aliphatic heterocycles. The summed E-state index contributed by atoms with van der Waals surface area (Å²) in [5.41, 5.74) is 3.61. The lowest BCUT2D eigenvalue weighted by Crippen LogP contribution is -2.64. The molecular formula is C39H62N6O3. The number of benzene rings is 2. The second-order valence-electron chi connectivity index (χ2n) is 13.2. The average Bonchev–Trinajstić information content (AvgIpc) is 3.08. The maximum atomic E-state index is 14.7. The lowest BCUT2D eigenvalue weighted by Gasteiger charge is -2.43. The van der Waals surface area contributed by atoms with Crippen LogP contribution in [-0.4, -0.2) is 103 Å². The third-order valence-electron chi connectivity index (χ3n) is 9.30. The summed E-state index contributed by atoms with van der Waals surface area (Å²) in [4.78, 5) is 52.2. The number of carbonyl (C=O) groups is 3. The van der Waals surface area contributed by atoms with E-state index in [0.29, 0.717) is 26.2 Å². The molecular weight excluding hydrogens is 600 g/mol. The number of aryl methyl sites for hydroxylation is 2. The zero-order chi connectivity index (χ0) is 34.9. The van der Waals surface area contributed by atoms with Crippen molar-refractivity contribution in [2.45, 2.75) is 99.0 Å². The third-order valence-corrected chi connectivity index (χ3v) is 9.30. The van der Waals surface area contributed by atoms with Crippen molar-refractivity contribution in [1.29, 1.82) is 0 Å². The van der Waals surface area contributed by atoms with E-state index in [1.807, 2.05) is 61.2 Å². The van der Waals surface area contributed by atoms with Gasteiger partial charge in [-0.1, -0.05) is 77.6 Å². The van der Waals surface area contributed by atoms with Crippen molar-refractivity contribution >= 4 is 29.3 Å². The van der Waals surface area contributed by atoms with Gasteiger partial charge in [-0.25, -0.2) is 9.59 Å². The third kappa shape index (κ3) is 11.5. The standard InChI is InChI=1S/C39H62N6O3/c1-7-11-17-24-42(25-18-12-8-2)38(47)43-26-27-44(36(31-43)37(46)40-22-16-19-23-41(9-3)10-4)39(48)45(34-20-14-13-15-21-34)35-29-32(5)28-33(6)30-35/h13-15,20-21,28-30,36H,7-12,16-19,22-27,31H2,1-6H3,(H,40,46). The molecule has 9 heteroatoms. The number of anilines is 2. The van der Waals surface area contributed by atoms with Crippen LogP contribution in [0.2, 0.25) is 0 Å². The molecule has 5 amide bonds. The van der Waals surface area contributed by atoms with Crippen LogP contribution in [0.1, 0.15) is 90.2 Å². The van der Waals surface area contributed by atoms with Gasteiger partial charge in [0, 0.05) is 32.7 Å². The molecule has 1 saturated heterocycles. The predicted molar refractivity (Wildman–Crippen MR) is 198 cm³/mol. The number of hydrogen-bond donors (Lipinski definition) is 1. The molecule has 9 nitrogen and oxygen atoms in total. The highest BCUT2D eigenvalue weighted by Crippen LogP contribution is 2.30. The SMILES string of the molecule is CCCCCN(CCCCC)C(=O)N1CCN(C(=O)N(c2ccccc2)c2cc(C)cc(C)c2)C(C(=O)NCCCCN(CC)CC)C1. The van der Waals surface area contributed by atoms with Crippen molar-refractivity contribution in [3.63, 3.8) is 0 Å². The van der Waals surface area contributed by atoms with E-state index in [1.54, 1.807) is 14.7 Å². The van der Waals surface area contributed by atoms with Crippen LogP contribution >= 0.6 is 0 Å². The Morgan fingerprint density at radius 3 is 1.92 bits per heavy atom. The molecule has 266 valence electrons. The van der Waals surface area contributed by atoms with Crippen molar-refractivity contribution in [2.24, 2.45) is 0 Å². The van der Waals surface area contributed by atoms with Crippen molar-refractivity contribution in [1.82, 2.24) is 24.9 Å². The fraction of sp³-hybridized carbons (Fsp3) is 0.615. The Morgan fingerprint density at radius 2 is 1.33 bits per heavy atom. The van der Waals surface area contributed by atoms with Gasteiger partial charge >= 0.3 is 12.1 Å². The molecule has 0 saturated carbocycles. The highest BCUT2D eigenvalue weighted by atomic mass is 16.2. The Kier molecular flexibility index (Phi) is 16.8. The minimum atomic E-state index is -0.803. The van der Waals surface area contributed by atoms with Crippen molar-refractivity contribution in [2.75, 3.05) is 63.8 Å². The number of rotatable bonds is 18. The van der Waals surface area contributed by atoms with Gasteiger partial charge in [0.2, 0.25) is 5.91 Å². The Morgan fingerprint density at radius 1 is 0.729 bits per heavy atom. The molecule has 1 atom stereocenters. The minimum Gasteiger partial charge on any atom is -0.354 e. The molecule has 3 rings (SSSR count). The van der Waals surface area contributed by atoms with Gasteiger partial charge in [0.25, 0.3) is 0 Å². The van der Waals surface area contributed by atoms with Gasteiger partial charge in [-0.15, -0.1) is 0 Å². The lowest BCUT2D eigenvalue weighted by atomic mass is 10.1. The average molecular weight is 663 g/mol. The molecule has 2 aromatic rings. The van der Waals surface area contributed by atoms with Gasteiger partial charge < -0.3 is 24.9 Å². The predicted octanol–water partition coefficient (Wildman–Crippen LogP) is 7.59. The van der Waals surface area contributed by atoms with Crippen molar-refractivity contribution in [3.8, 4) is 0 Å². The van der Waals surface area contributed by atoms with Gasteiger partial charge in [-0.3, -0.25) is 9.69 Å². The second-order valence-corrected chi connectivity index (χ2v) is 13.2. The Hall–Kier alpha value is -3.59.